The van der Waals surface area contributed by atoms with E-state index in [1.54, 1.807) is 6.20 Å². The number of carbonyl (C=O) groups is 1. The number of fused-ring (bicyclic) bond motifs is 3. The highest BCUT2D eigenvalue weighted by Gasteiger charge is 2.43. The lowest BCUT2D eigenvalue weighted by molar-refractivity contribution is 0.00758. The van der Waals surface area contributed by atoms with Gasteiger partial charge in [0.2, 0.25) is 0 Å². The molecule has 4 heterocycles. The van der Waals surface area contributed by atoms with E-state index in [0.717, 1.165) is 43.1 Å². The fourth-order valence-corrected chi connectivity index (χ4v) is 4.42. The van der Waals surface area contributed by atoms with Gasteiger partial charge in [-0.25, -0.2) is 14.8 Å². The normalized spacial score (nSPS) is 23.9. The van der Waals surface area contributed by atoms with Crippen molar-refractivity contribution in [2.24, 2.45) is 11.8 Å². The van der Waals surface area contributed by atoms with Gasteiger partial charge in [-0.1, -0.05) is 6.07 Å². The van der Waals surface area contributed by atoms with Crippen LogP contribution in [0.2, 0.25) is 0 Å². The molecular weight excluding hydrogens is 342 g/mol. The number of piperidine rings is 2. The molecule has 0 aromatic carbocycles. The Kier molecular flexibility index (Phi) is 4.92. The molecule has 3 unspecified atom stereocenters. The molecule has 0 spiro atoms. The Balaban J connectivity index is 1.47. The highest BCUT2D eigenvalue weighted by molar-refractivity contribution is 5.68. The van der Waals surface area contributed by atoms with Crippen molar-refractivity contribution in [1.82, 2.24) is 19.9 Å². The minimum absolute atomic E-state index is 0.204. The molecule has 2 aromatic heterocycles. The number of nitrogens with one attached hydrogen (secondary N) is 1. The summed E-state index contributed by atoms with van der Waals surface area (Å²) >= 11 is 0. The lowest BCUT2D eigenvalue weighted by Gasteiger charge is -2.49. The summed E-state index contributed by atoms with van der Waals surface area (Å²) in [5.74, 6) is 2.48. The van der Waals surface area contributed by atoms with Gasteiger partial charge in [0, 0.05) is 31.4 Å². The van der Waals surface area contributed by atoms with Crippen molar-refractivity contribution in [2.45, 2.75) is 32.2 Å². The number of methoxy groups -OCH3 is 1. The number of nitrogens with zero attached hydrogens (tertiary/aromatic N) is 4. The van der Waals surface area contributed by atoms with E-state index < -0.39 is 0 Å². The molecule has 1 N–H and O–H groups in total. The Labute approximate surface area is 159 Å². The summed E-state index contributed by atoms with van der Waals surface area (Å²) in [6.07, 6.45) is 4.95. The van der Waals surface area contributed by atoms with Crippen molar-refractivity contribution >= 4 is 11.9 Å². The SMILES string of the molecule is COC(=O)N1CC2CCC1C(CNc1cc(-c3ccccn3)nc(C)n1)C2. The molecule has 7 nitrogen and oxygen atoms in total. The average Bonchev–Trinajstić information content (AvgIpc) is 2.72. The van der Waals surface area contributed by atoms with Crippen LogP contribution in [0.4, 0.5) is 10.6 Å². The smallest absolute Gasteiger partial charge is 0.409 e. The predicted molar refractivity (Wildman–Crippen MR) is 102 cm³/mol. The number of aryl methyl sites for hydroxylation is 1. The molecule has 3 fully saturated rings. The zero-order valence-corrected chi connectivity index (χ0v) is 15.8. The first-order chi connectivity index (χ1) is 13.1. The molecule has 7 heteroatoms. The van der Waals surface area contributed by atoms with Gasteiger partial charge in [0.1, 0.15) is 11.6 Å². The highest BCUT2D eigenvalue weighted by Crippen LogP contribution is 2.39. The van der Waals surface area contributed by atoms with E-state index in [2.05, 4.69) is 20.3 Å². The third-order valence-electron chi connectivity index (χ3n) is 5.63. The summed E-state index contributed by atoms with van der Waals surface area (Å²) in [6.45, 7) is 3.50. The molecule has 2 bridgehead atoms. The first kappa shape index (κ1) is 17.7. The van der Waals surface area contributed by atoms with E-state index in [9.17, 15) is 4.79 Å². The Hall–Kier alpha value is -2.70. The number of amides is 1. The van der Waals surface area contributed by atoms with E-state index in [1.807, 2.05) is 36.1 Å². The van der Waals surface area contributed by atoms with Crippen LogP contribution in [-0.2, 0) is 4.74 Å². The molecule has 3 aliphatic rings. The van der Waals surface area contributed by atoms with Gasteiger partial charge in [0.25, 0.3) is 0 Å². The van der Waals surface area contributed by atoms with Crippen LogP contribution in [0, 0.1) is 18.8 Å². The Bertz CT molecular complexity index is 813. The molecule has 1 saturated carbocycles. The molecule has 27 heavy (non-hydrogen) atoms. The average molecular weight is 367 g/mol. The quantitative estimate of drug-likeness (QED) is 0.894. The standard InChI is InChI=1S/C20H25N5O2/c1-13-23-17(16-5-3-4-8-21-16)10-19(24-13)22-11-15-9-14-6-7-18(15)25(12-14)20(26)27-2/h3-5,8,10,14-15,18H,6-7,9,11-12H2,1-2H3,(H,22,23,24). The Morgan fingerprint density at radius 2 is 2.19 bits per heavy atom. The number of aromatic nitrogens is 3. The summed E-state index contributed by atoms with van der Waals surface area (Å²) in [4.78, 5) is 27.4. The maximum Gasteiger partial charge on any atom is 0.409 e. The van der Waals surface area contributed by atoms with Gasteiger partial charge in [-0.05, 0) is 50.2 Å². The maximum absolute atomic E-state index is 12.1. The van der Waals surface area contributed by atoms with Crippen molar-refractivity contribution in [2.75, 3.05) is 25.5 Å². The molecule has 2 saturated heterocycles. The Morgan fingerprint density at radius 1 is 1.30 bits per heavy atom. The maximum atomic E-state index is 12.1. The first-order valence-electron chi connectivity index (χ1n) is 9.49. The molecular formula is C20H25N5O2. The van der Waals surface area contributed by atoms with E-state index in [1.165, 1.54) is 13.5 Å². The third-order valence-corrected chi connectivity index (χ3v) is 5.63. The number of hydrogen-bond acceptors (Lipinski definition) is 6. The van der Waals surface area contributed by atoms with Gasteiger partial charge < -0.3 is 15.0 Å². The minimum Gasteiger partial charge on any atom is -0.453 e. The van der Waals surface area contributed by atoms with Gasteiger partial charge in [-0.2, -0.15) is 0 Å². The second-order valence-corrected chi connectivity index (χ2v) is 7.41. The van der Waals surface area contributed by atoms with E-state index in [0.29, 0.717) is 17.7 Å². The summed E-state index contributed by atoms with van der Waals surface area (Å²) in [5, 5.41) is 3.47. The number of anilines is 1. The largest absolute Gasteiger partial charge is 0.453 e. The molecule has 1 amide bonds. The van der Waals surface area contributed by atoms with Gasteiger partial charge >= 0.3 is 6.09 Å². The number of hydrogen-bond donors (Lipinski definition) is 1. The first-order valence-corrected chi connectivity index (χ1v) is 9.49. The van der Waals surface area contributed by atoms with Crippen LogP contribution in [0.25, 0.3) is 11.4 Å². The molecule has 0 radical (unpaired) electrons. The molecule has 2 aliphatic heterocycles. The third kappa shape index (κ3) is 3.72. The van der Waals surface area contributed by atoms with Crippen molar-refractivity contribution in [1.29, 1.82) is 0 Å². The van der Waals surface area contributed by atoms with E-state index in [-0.39, 0.29) is 12.1 Å². The van der Waals surface area contributed by atoms with Crippen molar-refractivity contribution < 1.29 is 9.53 Å². The van der Waals surface area contributed by atoms with Crippen LogP contribution in [0.5, 0.6) is 0 Å². The van der Waals surface area contributed by atoms with Crippen LogP contribution < -0.4 is 5.32 Å². The second kappa shape index (κ2) is 7.50. The lowest BCUT2D eigenvalue weighted by Crippen LogP contribution is -2.56. The van der Waals surface area contributed by atoms with E-state index >= 15 is 0 Å². The zero-order chi connectivity index (χ0) is 18.8. The lowest BCUT2D eigenvalue weighted by atomic mass is 9.73. The monoisotopic (exact) mass is 367 g/mol. The highest BCUT2D eigenvalue weighted by atomic mass is 16.5. The number of ether oxygens (including phenoxy) is 1. The summed E-state index contributed by atoms with van der Waals surface area (Å²) in [6, 6.07) is 7.97. The molecule has 5 rings (SSSR count). The van der Waals surface area contributed by atoms with Crippen LogP contribution in [0.3, 0.4) is 0 Å². The van der Waals surface area contributed by atoms with Gasteiger partial charge in [-0.15, -0.1) is 0 Å². The molecule has 142 valence electrons. The van der Waals surface area contributed by atoms with Crippen molar-refractivity contribution in [3.8, 4) is 11.4 Å². The Morgan fingerprint density at radius 3 is 2.93 bits per heavy atom. The van der Waals surface area contributed by atoms with Crippen LogP contribution in [0.1, 0.15) is 25.1 Å². The van der Waals surface area contributed by atoms with Gasteiger partial charge in [0.05, 0.1) is 18.5 Å². The fraction of sp³-hybridized carbons (Fsp3) is 0.500. The van der Waals surface area contributed by atoms with Crippen LogP contribution in [0.15, 0.2) is 30.5 Å². The molecule has 2 aromatic rings. The van der Waals surface area contributed by atoms with Gasteiger partial charge in [-0.3, -0.25) is 4.98 Å². The van der Waals surface area contributed by atoms with Crippen LogP contribution >= 0.6 is 0 Å². The van der Waals surface area contributed by atoms with Gasteiger partial charge in [0.15, 0.2) is 0 Å². The summed E-state index contributed by atoms with van der Waals surface area (Å²) in [5.41, 5.74) is 1.64. The second-order valence-electron chi connectivity index (χ2n) is 7.41. The summed E-state index contributed by atoms with van der Waals surface area (Å²) < 4.78 is 4.97. The minimum atomic E-state index is -0.204. The molecule has 3 atom stereocenters. The number of rotatable bonds is 4. The fourth-order valence-electron chi connectivity index (χ4n) is 4.42. The predicted octanol–water partition coefficient (Wildman–Crippen LogP) is 3.13. The van der Waals surface area contributed by atoms with Crippen molar-refractivity contribution in [3.05, 3.63) is 36.3 Å². The molecule has 1 aliphatic carbocycles. The number of carbonyl (C=O) groups excluding carboxylic acids is 1. The van der Waals surface area contributed by atoms with Crippen molar-refractivity contribution in [3.63, 3.8) is 0 Å². The summed E-state index contributed by atoms with van der Waals surface area (Å²) in [7, 11) is 1.46. The van der Waals surface area contributed by atoms with Crippen LogP contribution in [-0.4, -0.2) is 52.2 Å². The zero-order valence-electron chi connectivity index (χ0n) is 15.8. The topological polar surface area (TPSA) is 80.2 Å². The van der Waals surface area contributed by atoms with E-state index in [4.69, 9.17) is 4.74 Å². The number of pyridine rings is 1.